The van der Waals surface area contributed by atoms with Crippen LogP contribution in [0.3, 0.4) is 0 Å². The molecule has 1 rings (SSSR count). The van der Waals surface area contributed by atoms with Crippen molar-refractivity contribution in [1.29, 1.82) is 5.39 Å². The Morgan fingerprint density at radius 1 is 0.581 bits per heavy atom. The monoisotopic (exact) mass is 616 g/mol. The van der Waals surface area contributed by atoms with Gasteiger partial charge < -0.3 is 26.7 Å². The smallest absolute Gasteiger partial charge is 0.462 e. The van der Waals surface area contributed by atoms with Crippen molar-refractivity contribution in [2.75, 3.05) is 13.2 Å². The van der Waals surface area contributed by atoms with Crippen LogP contribution in [0.25, 0.3) is 4.98 Å². The number of rotatable bonds is 24. The van der Waals surface area contributed by atoms with E-state index in [1.54, 1.807) is 0 Å². The molecule has 246 valence electrons. The van der Waals surface area contributed by atoms with E-state index in [1.807, 2.05) is 0 Å². The number of nitrogens with zero attached hydrogens (tertiary/aromatic N) is 2. The molecule has 0 aliphatic carbocycles. The topological polar surface area (TPSA) is 80.8 Å². The van der Waals surface area contributed by atoms with Crippen molar-refractivity contribution in [3.05, 3.63) is 34.3 Å². The molecule has 0 aromatic heterocycles. The lowest BCUT2D eigenvalue weighted by Crippen LogP contribution is -2.10. The number of hydrogen-bond acceptors (Lipinski definition) is 5. The summed E-state index contributed by atoms with van der Waals surface area (Å²) < 4.78 is 49.8. The molecule has 0 heterocycles. The van der Waals surface area contributed by atoms with E-state index < -0.39 is 19.2 Å². The molecule has 0 aliphatic rings. The first kappa shape index (κ1) is 40.4. The van der Waals surface area contributed by atoms with Gasteiger partial charge in [0.25, 0.3) is 0 Å². The van der Waals surface area contributed by atoms with E-state index in [0.717, 1.165) is 38.5 Å². The first-order chi connectivity index (χ1) is 20.6. The minimum atomic E-state index is -6.00. The van der Waals surface area contributed by atoms with Crippen molar-refractivity contribution in [3.8, 4) is 0 Å². The fourth-order valence-electron chi connectivity index (χ4n) is 4.58. The summed E-state index contributed by atoms with van der Waals surface area (Å²) in [4.78, 5) is 28.2. The number of diazo groups is 1. The third-order valence-electron chi connectivity index (χ3n) is 6.97. The first-order valence-corrected chi connectivity index (χ1v) is 16.3. The van der Waals surface area contributed by atoms with Gasteiger partial charge in [0.2, 0.25) is 5.39 Å². The Labute approximate surface area is 256 Å². The van der Waals surface area contributed by atoms with Crippen LogP contribution in [0.2, 0.25) is 0 Å². The molecule has 0 radical (unpaired) electrons. The molecule has 0 unspecified atom stereocenters. The van der Waals surface area contributed by atoms with Crippen LogP contribution in [0.1, 0.15) is 163 Å². The Morgan fingerprint density at radius 3 is 1.14 bits per heavy atom. The fourth-order valence-corrected chi connectivity index (χ4v) is 4.58. The molecule has 0 saturated heterocycles. The minimum absolute atomic E-state index is 0.129. The summed E-state index contributed by atoms with van der Waals surface area (Å²) in [6.07, 6.45) is 24.2. The summed E-state index contributed by atoms with van der Waals surface area (Å²) in [5, 5.41) is 9.23. The number of ether oxygens (including phenoxy) is 2. The van der Waals surface area contributed by atoms with E-state index >= 15 is 0 Å². The second-order valence-corrected chi connectivity index (χ2v) is 11.0. The summed E-state index contributed by atoms with van der Waals surface area (Å²) in [5.41, 5.74) is 0.515. The van der Waals surface area contributed by atoms with Gasteiger partial charge in [0.05, 0.1) is 24.3 Å². The summed E-state index contributed by atoms with van der Waals surface area (Å²) >= 11 is 0. The van der Waals surface area contributed by atoms with Crippen LogP contribution in [0.5, 0.6) is 0 Å². The quantitative estimate of drug-likeness (QED) is 0.0379. The predicted octanol–water partition coefficient (Wildman–Crippen LogP) is 11.6. The van der Waals surface area contributed by atoms with Gasteiger partial charge in [-0.3, -0.25) is 0 Å². The van der Waals surface area contributed by atoms with Crippen LogP contribution in [-0.2, 0) is 9.47 Å². The average molecular weight is 617 g/mol. The molecule has 43 heavy (non-hydrogen) atoms. The Morgan fingerprint density at radius 2 is 0.860 bits per heavy atom. The molecule has 0 N–H and O–H groups in total. The van der Waals surface area contributed by atoms with E-state index in [4.69, 9.17) is 9.47 Å². The van der Waals surface area contributed by atoms with E-state index in [-0.39, 0.29) is 16.8 Å². The van der Waals surface area contributed by atoms with Crippen molar-refractivity contribution in [2.24, 2.45) is 0 Å². The standard InChI is InChI=1S/C32H53N2O4.BF4/c1-3-5-7-9-11-13-15-17-19-21-23-37-31(35)28-25-29(27-30(26-28)34-33)32(36)38-24-22-20-18-16-14-12-10-8-6-4-2;2-1(3,4)5/h25-27H,3-24H2,1-2H3;/q+1;-1. The second kappa shape index (κ2) is 27.0. The summed E-state index contributed by atoms with van der Waals surface area (Å²) in [6.45, 7) is 5.15. The zero-order valence-electron chi connectivity index (χ0n) is 26.4. The van der Waals surface area contributed by atoms with Crippen LogP contribution in [-0.4, -0.2) is 32.4 Å². The van der Waals surface area contributed by atoms with Crippen molar-refractivity contribution in [2.45, 2.75) is 142 Å². The average Bonchev–Trinajstić information content (AvgIpc) is 2.97. The van der Waals surface area contributed by atoms with Gasteiger partial charge in [0, 0.05) is 12.1 Å². The molecule has 0 amide bonds. The number of hydrogen-bond donors (Lipinski definition) is 0. The molecule has 0 bridgehead atoms. The highest BCUT2D eigenvalue weighted by Crippen LogP contribution is 2.20. The predicted molar refractivity (Wildman–Crippen MR) is 166 cm³/mol. The number of unbranched alkanes of at least 4 members (excludes halogenated alkanes) is 18. The molecule has 0 aliphatic heterocycles. The highest BCUT2D eigenvalue weighted by atomic mass is 19.5. The van der Waals surface area contributed by atoms with Crippen LogP contribution in [0.15, 0.2) is 18.2 Å². The van der Waals surface area contributed by atoms with Crippen molar-refractivity contribution < 1.29 is 36.3 Å². The van der Waals surface area contributed by atoms with Crippen molar-refractivity contribution in [3.63, 3.8) is 0 Å². The molecular weight excluding hydrogens is 563 g/mol. The van der Waals surface area contributed by atoms with Gasteiger partial charge in [-0.1, -0.05) is 129 Å². The maximum atomic E-state index is 12.5. The molecule has 0 spiro atoms. The minimum Gasteiger partial charge on any atom is -0.462 e. The van der Waals surface area contributed by atoms with Gasteiger partial charge >= 0.3 is 24.9 Å². The number of halogens is 4. The highest BCUT2D eigenvalue weighted by Gasteiger charge is 2.21. The Bertz CT molecular complexity index is 848. The van der Waals surface area contributed by atoms with Gasteiger partial charge in [-0.05, 0) is 18.9 Å². The Hall–Kier alpha value is -2.64. The molecule has 0 saturated carbocycles. The van der Waals surface area contributed by atoms with E-state index in [1.165, 1.54) is 108 Å². The van der Waals surface area contributed by atoms with Crippen LogP contribution < -0.4 is 0 Å². The maximum absolute atomic E-state index is 12.5. The van der Waals surface area contributed by atoms with Gasteiger partial charge in [-0.25, -0.2) is 9.59 Å². The molecule has 6 nitrogen and oxygen atoms in total. The van der Waals surface area contributed by atoms with E-state index in [0.29, 0.717) is 13.2 Å². The SMILES string of the molecule is CCCCCCCCCCCCOC(=O)c1cc([N+]#N)cc(C(=O)OCCCCCCCCCCCC)c1.F[B-](F)(F)F. The van der Waals surface area contributed by atoms with Gasteiger partial charge in [0.15, 0.2) is 4.98 Å². The molecule has 0 atom stereocenters. The highest BCUT2D eigenvalue weighted by molar-refractivity contribution is 6.50. The van der Waals surface area contributed by atoms with Crippen LogP contribution in [0.4, 0.5) is 23.0 Å². The lowest BCUT2D eigenvalue weighted by atomic mass is 10.1. The summed E-state index contributed by atoms with van der Waals surface area (Å²) in [6, 6.07) is 4.29. The van der Waals surface area contributed by atoms with E-state index in [9.17, 15) is 32.2 Å². The van der Waals surface area contributed by atoms with E-state index in [2.05, 4.69) is 18.8 Å². The third-order valence-corrected chi connectivity index (χ3v) is 6.97. The van der Waals surface area contributed by atoms with Gasteiger partial charge in [-0.2, -0.15) is 0 Å². The molecule has 0 fully saturated rings. The molecule has 1 aromatic carbocycles. The number of benzene rings is 1. The summed E-state index contributed by atoms with van der Waals surface area (Å²) in [5.74, 6) is -1.04. The normalized spacial score (nSPS) is 10.9. The van der Waals surface area contributed by atoms with Gasteiger partial charge in [-0.15, -0.1) is 0 Å². The maximum Gasteiger partial charge on any atom is 0.673 e. The number of carbonyl (C=O) groups is 2. The first-order valence-electron chi connectivity index (χ1n) is 16.3. The largest absolute Gasteiger partial charge is 0.673 e. The van der Waals surface area contributed by atoms with Crippen molar-refractivity contribution >= 4 is 24.9 Å². The fraction of sp³-hybridized carbons (Fsp3) is 0.750. The molecular formula is C32H53BF4N2O4. The lowest BCUT2D eigenvalue weighted by molar-refractivity contribution is 0.0496. The summed E-state index contributed by atoms with van der Waals surface area (Å²) in [7, 11) is -6.00. The number of esters is 2. The zero-order chi connectivity index (χ0) is 32.2. The lowest BCUT2D eigenvalue weighted by Gasteiger charge is -2.07. The Kier molecular flexibility index (Phi) is 25.3. The third kappa shape index (κ3) is 26.7. The van der Waals surface area contributed by atoms with Crippen LogP contribution >= 0.6 is 0 Å². The second-order valence-electron chi connectivity index (χ2n) is 11.0. The number of carbonyl (C=O) groups excluding carboxylic acids is 2. The zero-order valence-corrected chi connectivity index (χ0v) is 26.4. The Balaban J connectivity index is 0.00000324. The van der Waals surface area contributed by atoms with Crippen LogP contribution in [0, 0.1) is 5.39 Å². The molecule has 11 heteroatoms. The van der Waals surface area contributed by atoms with Crippen molar-refractivity contribution in [1.82, 2.24) is 0 Å². The molecule has 1 aromatic rings. The van der Waals surface area contributed by atoms with Gasteiger partial charge in [0.1, 0.15) is 0 Å².